The Kier molecular flexibility index (Phi) is 3.95. The number of aromatic nitrogens is 2. The van der Waals surface area contributed by atoms with Crippen molar-refractivity contribution < 1.29 is 14.7 Å². The number of rotatable bonds is 3. The molecule has 2 heterocycles. The van der Waals surface area contributed by atoms with Crippen LogP contribution in [0.4, 0.5) is 0 Å². The molecule has 132 valence electrons. The summed E-state index contributed by atoms with van der Waals surface area (Å²) in [5.41, 5.74) is 3.13. The first kappa shape index (κ1) is 16.3. The maximum atomic E-state index is 12.8. The number of nitrogens with zero attached hydrogens (tertiary/aromatic N) is 3. The number of fused-ring (bicyclic) bond motifs is 1. The number of aryl methyl sites for hydroxylation is 1. The Morgan fingerprint density at radius 3 is 2.65 bits per heavy atom. The number of amides is 1. The fourth-order valence-electron chi connectivity index (χ4n) is 3.67. The fraction of sp³-hybridized carbons (Fsp3) is 0.250. The van der Waals surface area contributed by atoms with E-state index in [1.807, 2.05) is 47.9 Å². The second kappa shape index (κ2) is 6.29. The Morgan fingerprint density at radius 1 is 1.15 bits per heavy atom. The van der Waals surface area contributed by atoms with Gasteiger partial charge in [-0.2, -0.15) is 0 Å². The van der Waals surface area contributed by atoms with Gasteiger partial charge in [-0.1, -0.05) is 18.2 Å². The molecule has 1 aliphatic heterocycles. The number of benzene rings is 2. The van der Waals surface area contributed by atoms with Crippen LogP contribution in [0, 0.1) is 6.92 Å². The number of imidazole rings is 1. The SMILES string of the molecule is Cc1nc2cc(C(=O)N3CCC[C@@H]3C(=O)O)ccc2n1-c1ccccc1. The molecule has 6 heteroatoms. The van der Waals surface area contributed by atoms with Crippen LogP contribution in [0.2, 0.25) is 0 Å². The third kappa shape index (κ3) is 2.63. The lowest BCUT2D eigenvalue weighted by Gasteiger charge is -2.21. The molecule has 0 unspecified atom stereocenters. The van der Waals surface area contributed by atoms with Crippen molar-refractivity contribution in [3.8, 4) is 5.69 Å². The first-order valence-electron chi connectivity index (χ1n) is 8.64. The molecule has 1 amide bonds. The molecule has 1 aliphatic rings. The lowest BCUT2D eigenvalue weighted by atomic mass is 10.1. The van der Waals surface area contributed by atoms with E-state index in [2.05, 4.69) is 4.98 Å². The summed E-state index contributed by atoms with van der Waals surface area (Å²) >= 11 is 0. The van der Waals surface area contributed by atoms with Gasteiger partial charge in [-0.3, -0.25) is 9.36 Å². The second-order valence-electron chi connectivity index (χ2n) is 6.53. The maximum absolute atomic E-state index is 12.8. The van der Waals surface area contributed by atoms with Crippen LogP contribution in [0.15, 0.2) is 48.5 Å². The average molecular weight is 349 g/mol. The summed E-state index contributed by atoms with van der Waals surface area (Å²) < 4.78 is 2.04. The van der Waals surface area contributed by atoms with E-state index in [9.17, 15) is 14.7 Å². The summed E-state index contributed by atoms with van der Waals surface area (Å²) in [5.74, 6) is -0.356. The van der Waals surface area contributed by atoms with E-state index < -0.39 is 12.0 Å². The van der Waals surface area contributed by atoms with Crippen LogP contribution in [0.5, 0.6) is 0 Å². The number of carbonyl (C=O) groups excluding carboxylic acids is 1. The van der Waals surface area contributed by atoms with Gasteiger partial charge in [-0.25, -0.2) is 9.78 Å². The maximum Gasteiger partial charge on any atom is 0.326 e. The van der Waals surface area contributed by atoms with Crippen molar-refractivity contribution in [3.05, 3.63) is 59.9 Å². The van der Waals surface area contributed by atoms with Gasteiger partial charge in [0, 0.05) is 17.8 Å². The van der Waals surface area contributed by atoms with E-state index >= 15 is 0 Å². The molecule has 1 aromatic heterocycles. The summed E-state index contributed by atoms with van der Waals surface area (Å²) in [6.07, 6.45) is 1.22. The highest BCUT2D eigenvalue weighted by atomic mass is 16.4. The van der Waals surface area contributed by atoms with Crippen LogP contribution in [-0.2, 0) is 4.79 Å². The molecule has 1 fully saturated rings. The molecular weight excluding hydrogens is 330 g/mol. The summed E-state index contributed by atoms with van der Waals surface area (Å²) in [4.78, 5) is 30.2. The van der Waals surface area contributed by atoms with Crippen LogP contribution < -0.4 is 0 Å². The molecule has 0 radical (unpaired) electrons. The topological polar surface area (TPSA) is 75.4 Å². The minimum absolute atomic E-state index is 0.247. The van der Waals surface area contributed by atoms with Crippen LogP contribution >= 0.6 is 0 Å². The van der Waals surface area contributed by atoms with Gasteiger partial charge in [0.1, 0.15) is 11.9 Å². The molecule has 2 aromatic carbocycles. The van der Waals surface area contributed by atoms with Crippen molar-refractivity contribution in [3.63, 3.8) is 0 Å². The van der Waals surface area contributed by atoms with Crippen LogP contribution in [-0.4, -0.2) is 44.0 Å². The Labute approximate surface area is 150 Å². The number of para-hydroxylation sites is 1. The summed E-state index contributed by atoms with van der Waals surface area (Å²) in [7, 11) is 0. The molecule has 0 aliphatic carbocycles. The molecule has 1 atom stereocenters. The highest BCUT2D eigenvalue weighted by molar-refractivity contribution is 5.99. The van der Waals surface area contributed by atoms with Crippen molar-refractivity contribution >= 4 is 22.9 Å². The number of carbonyl (C=O) groups is 2. The predicted molar refractivity (Wildman–Crippen MR) is 97.5 cm³/mol. The Hall–Kier alpha value is -3.15. The van der Waals surface area contributed by atoms with E-state index in [4.69, 9.17) is 0 Å². The van der Waals surface area contributed by atoms with E-state index in [0.29, 0.717) is 24.9 Å². The fourth-order valence-corrected chi connectivity index (χ4v) is 3.67. The molecule has 0 bridgehead atoms. The Bertz CT molecular complexity index is 994. The lowest BCUT2D eigenvalue weighted by Crippen LogP contribution is -2.40. The van der Waals surface area contributed by atoms with Crippen molar-refractivity contribution in [2.24, 2.45) is 0 Å². The quantitative estimate of drug-likeness (QED) is 0.789. The largest absolute Gasteiger partial charge is 0.480 e. The van der Waals surface area contributed by atoms with Crippen LogP contribution in [0.1, 0.15) is 29.0 Å². The first-order chi connectivity index (χ1) is 12.6. The van der Waals surface area contributed by atoms with Gasteiger partial charge in [0.05, 0.1) is 11.0 Å². The van der Waals surface area contributed by atoms with E-state index in [1.165, 1.54) is 4.90 Å². The van der Waals surface area contributed by atoms with Crippen molar-refractivity contribution in [1.29, 1.82) is 0 Å². The highest BCUT2D eigenvalue weighted by Crippen LogP contribution is 2.25. The predicted octanol–water partition coefficient (Wildman–Crippen LogP) is 3.02. The Morgan fingerprint density at radius 2 is 1.92 bits per heavy atom. The smallest absolute Gasteiger partial charge is 0.326 e. The minimum Gasteiger partial charge on any atom is -0.480 e. The summed E-state index contributed by atoms with van der Waals surface area (Å²) in [6, 6.07) is 14.6. The van der Waals surface area contributed by atoms with E-state index in [-0.39, 0.29) is 5.91 Å². The monoisotopic (exact) mass is 349 g/mol. The second-order valence-corrected chi connectivity index (χ2v) is 6.53. The standard InChI is InChI=1S/C20H19N3O3/c1-13-21-16-12-14(19(24)22-11-5-8-18(22)20(25)26)9-10-17(16)23(13)15-6-3-2-4-7-15/h2-4,6-7,9-10,12,18H,5,8,11H2,1H3,(H,25,26)/t18-/m1/s1. The summed E-state index contributed by atoms with van der Waals surface area (Å²) in [5, 5.41) is 9.31. The van der Waals surface area contributed by atoms with Gasteiger partial charge >= 0.3 is 5.97 Å². The van der Waals surface area contributed by atoms with Gasteiger partial charge in [0.25, 0.3) is 5.91 Å². The highest BCUT2D eigenvalue weighted by Gasteiger charge is 2.34. The van der Waals surface area contributed by atoms with Crippen LogP contribution in [0.3, 0.4) is 0 Å². The van der Waals surface area contributed by atoms with E-state index in [0.717, 1.165) is 22.5 Å². The number of likely N-dealkylation sites (tertiary alicyclic amines) is 1. The first-order valence-corrected chi connectivity index (χ1v) is 8.64. The zero-order chi connectivity index (χ0) is 18.3. The minimum atomic E-state index is -0.943. The number of hydrogen-bond donors (Lipinski definition) is 1. The number of hydrogen-bond acceptors (Lipinski definition) is 3. The average Bonchev–Trinajstić information content (AvgIpc) is 3.25. The zero-order valence-electron chi connectivity index (χ0n) is 14.4. The van der Waals surface area contributed by atoms with Gasteiger partial charge < -0.3 is 10.0 Å². The molecular formula is C20H19N3O3. The molecule has 0 saturated carbocycles. The summed E-state index contributed by atoms with van der Waals surface area (Å²) in [6.45, 7) is 2.40. The van der Waals surface area contributed by atoms with Gasteiger partial charge in [-0.15, -0.1) is 0 Å². The number of aliphatic carboxylic acids is 1. The van der Waals surface area contributed by atoms with Crippen LogP contribution in [0.25, 0.3) is 16.7 Å². The lowest BCUT2D eigenvalue weighted by molar-refractivity contribution is -0.141. The molecule has 0 spiro atoms. The molecule has 1 saturated heterocycles. The third-order valence-electron chi connectivity index (χ3n) is 4.88. The number of carboxylic acid groups (broad SMARTS) is 1. The molecule has 4 rings (SSSR count). The molecule has 6 nitrogen and oxygen atoms in total. The van der Waals surface area contributed by atoms with Crippen molar-refractivity contribution in [1.82, 2.24) is 14.5 Å². The van der Waals surface area contributed by atoms with Crippen molar-refractivity contribution in [2.75, 3.05) is 6.54 Å². The van der Waals surface area contributed by atoms with Crippen molar-refractivity contribution in [2.45, 2.75) is 25.8 Å². The molecule has 26 heavy (non-hydrogen) atoms. The number of carboxylic acids is 1. The van der Waals surface area contributed by atoms with Gasteiger partial charge in [0.2, 0.25) is 0 Å². The zero-order valence-corrected chi connectivity index (χ0v) is 14.4. The van der Waals surface area contributed by atoms with Gasteiger partial charge in [0.15, 0.2) is 0 Å². The van der Waals surface area contributed by atoms with Gasteiger partial charge in [-0.05, 0) is 50.1 Å². The molecule has 1 N–H and O–H groups in total. The normalized spacial score (nSPS) is 17.0. The Balaban J connectivity index is 1.73. The van der Waals surface area contributed by atoms with E-state index in [1.54, 1.807) is 12.1 Å². The third-order valence-corrected chi connectivity index (χ3v) is 4.88. The molecule has 3 aromatic rings.